The molecule has 2 aromatic carbocycles. The van der Waals surface area contributed by atoms with Gasteiger partial charge in [0.15, 0.2) is 0 Å². The minimum Gasteiger partial charge on any atom is -0.496 e. The first kappa shape index (κ1) is 21.1. The fourth-order valence-electron chi connectivity index (χ4n) is 2.75. The number of anilines is 1. The number of ether oxygens (including phenoxy) is 1. The van der Waals surface area contributed by atoms with Crippen LogP contribution in [0.2, 0.25) is 5.02 Å². The Labute approximate surface area is 164 Å². The SMILES string of the molecule is CCC(NC(=O)c1cc(NS(C)(=O)=O)ccc1Cl)c1ccc(OC)c(C)c1. The lowest BCUT2D eigenvalue weighted by Gasteiger charge is -2.19. The topological polar surface area (TPSA) is 84.5 Å². The maximum atomic E-state index is 12.7. The van der Waals surface area contributed by atoms with E-state index in [0.29, 0.717) is 6.42 Å². The highest BCUT2D eigenvalue weighted by Gasteiger charge is 2.18. The van der Waals surface area contributed by atoms with Crippen LogP contribution >= 0.6 is 11.6 Å². The summed E-state index contributed by atoms with van der Waals surface area (Å²) < 4.78 is 30.4. The first-order valence-corrected chi connectivity index (χ1v) is 10.6. The fraction of sp³-hybridized carbons (Fsp3) is 0.316. The molecule has 0 fully saturated rings. The van der Waals surface area contributed by atoms with E-state index in [9.17, 15) is 13.2 Å². The number of amides is 1. The van der Waals surface area contributed by atoms with Gasteiger partial charge in [-0.05, 0) is 48.7 Å². The third-order valence-electron chi connectivity index (χ3n) is 4.05. The zero-order chi connectivity index (χ0) is 20.2. The molecule has 8 heteroatoms. The van der Waals surface area contributed by atoms with E-state index in [1.54, 1.807) is 7.11 Å². The van der Waals surface area contributed by atoms with E-state index in [4.69, 9.17) is 16.3 Å². The molecule has 0 aliphatic heterocycles. The highest BCUT2D eigenvalue weighted by Crippen LogP contribution is 2.26. The first-order chi connectivity index (χ1) is 12.6. The van der Waals surface area contributed by atoms with Gasteiger partial charge in [0.1, 0.15) is 5.75 Å². The molecular formula is C19H23ClN2O4S. The van der Waals surface area contributed by atoms with Crippen LogP contribution in [0.4, 0.5) is 5.69 Å². The molecule has 0 saturated carbocycles. The van der Waals surface area contributed by atoms with Gasteiger partial charge < -0.3 is 10.1 Å². The summed E-state index contributed by atoms with van der Waals surface area (Å²) in [6, 6.07) is 9.94. The van der Waals surface area contributed by atoms with Gasteiger partial charge in [0.05, 0.1) is 30.0 Å². The van der Waals surface area contributed by atoms with Crippen molar-refractivity contribution in [1.29, 1.82) is 0 Å². The molecule has 146 valence electrons. The molecule has 27 heavy (non-hydrogen) atoms. The molecule has 2 aromatic rings. The van der Waals surface area contributed by atoms with E-state index in [1.165, 1.54) is 18.2 Å². The van der Waals surface area contributed by atoms with Crippen molar-refractivity contribution in [2.24, 2.45) is 0 Å². The van der Waals surface area contributed by atoms with Gasteiger partial charge in [-0.3, -0.25) is 9.52 Å². The Hall–Kier alpha value is -2.25. The van der Waals surface area contributed by atoms with E-state index in [2.05, 4.69) is 10.0 Å². The second-order valence-electron chi connectivity index (χ2n) is 6.23. The van der Waals surface area contributed by atoms with Gasteiger partial charge in [-0.2, -0.15) is 0 Å². The second-order valence-corrected chi connectivity index (χ2v) is 8.39. The Morgan fingerprint density at radius 2 is 1.93 bits per heavy atom. The summed E-state index contributed by atoms with van der Waals surface area (Å²) in [6.07, 6.45) is 1.72. The average Bonchev–Trinajstić information content (AvgIpc) is 2.59. The maximum absolute atomic E-state index is 12.7. The normalized spacial score (nSPS) is 12.3. The zero-order valence-electron chi connectivity index (χ0n) is 15.7. The minimum absolute atomic E-state index is 0.203. The highest BCUT2D eigenvalue weighted by molar-refractivity contribution is 7.92. The summed E-state index contributed by atoms with van der Waals surface area (Å²) in [4.78, 5) is 12.7. The third-order valence-corrected chi connectivity index (χ3v) is 4.99. The van der Waals surface area contributed by atoms with E-state index in [1.807, 2.05) is 32.0 Å². The van der Waals surface area contributed by atoms with Crippen molar-refractivity contribution in [3.8, 4) is 5.75 Å². The molecule has 0 spiro atoms. The van der Waals surface area contributed by atoms with Crippen LogP contribution in [-0.4, -0.2) is 27.7 Å². The molecule has 2 rings (SSSR count). The van der Waals surface area contributed by atoms with Crippen molar-refractivity contribution in [2.45, 2.75) is 26.3 Å². The molecule has 6 nitrogen and oxygen atoms in total. The summed E-state index contributed by atoms with van der Waals surface area (Å²) in [7, 11) is -1.84. The molecule has 2 N–H and O–H groups in total. The smallest absolute Gasteiger partial charge is 0.253 e. The molecule has 1 unspecified atom stereocenters. The van der Waals surface area contributed by atoms with Crippen LogP contribution in [0.25, 0.3) is 0 Å². The molecule has 0 aliphatic rings. The van der Waals surface area contributed by atoms with Crippen LogP contribution in [0.5, 0.6) is 5.75 Å². The molecule has 0 radical (unpaired) electrons. The number of rotatable bonds is 7. The molecular weight excluding hydrogens is 388 g/mol. The molecule has 0 aromatic heterocycles. The van der Waals surface area contributed by atoms with Crippen LogP contribution in [0, 0.1) is 6.92 Å². The van der Waals surface area contributed by atoms with Crippen LogP contribution < -0.4 is 14.8 Å². The van der Waals surface area contributed by atoms with Crippen molar-refractivity contribution < 1.29 is 17.9 Å². The summed E-state index contributed by atoms with van der Waals surface area (Å²) >= 11 is 6.15. The van der Waals surface area contributed by atoms with Gasteiger partial charge in [0.25, 0.3) is 5.91 Å². The van der Waals surface area contributed by atoms with Crippen molar-refractivity contribution >= 4 is 33.2 Å². The van der Waals surface area contributed by atoms with Gasteiger partial charge in [-0.15, -0.1) is 0 Å². The lowest BCUT2D eigenvalue weighted by atomic mass is 10.0. The summed E-state index contributed by atoms with van der Waals surface area (Å²) in [6.45, 7) is 3.90. The highest BCUT2D eigenvalue weighted by atomic mass is 35.5. The number of hydrogen-bond donors (Lipinski definition) is 2. The number of hydrogen-bond acceptors (Lipinski definition) is 4. The van der Waals surface area contributed by atoms with Crippen LogP contribution in [-0.2, 0) is 10.0 Å². The van der Waals surface area contributed by atoms with E-state index in [-0.39, 0.29) is 28.2 Å². The van der Waals surface area contributed by atoms with E-state index >= 15 is 0 Å². The van der Waals surface area contributed by atoms with Gasteiger partial charge in [-0.1, -0.05) is 30.7 Å². The summed E-state index contributed by atoms with van der Waals surface area (Å²) in [5.41, 5.74) is 2.40. The lowest BCUT2D eigenvalue weighted by Crippen LogP contribution is -2.28. The summed E-state index contributed by atoms with van der Waals surface area (Å²) in [5.74, 6) is 0.403. The molecule has 1 amide bonds. The Kier molecular flexibility index (Phi) is 6.73. The minimum atomic E-state index is -3.45. The largest absolute Gasteiger partial charge is 0.496 e. The predicted molar refractivity (Wildman–Crippen MR) is 108 cm³/mol. The van der Waals surface area contributed by atoms with Gasteiger partial charge in [0, 0.05) is 5.69 Å². The molecule has 0 heterocycles. The van der Waals surface area contributed by atoms with Gasteiger partial charge >= 0.3 is 0 Å². The van der Waals surface area contributed by atoms with Crippen LogP contribution in [0.1, 0.15) is 40.9 Å². The number of sulfonamides is 1. The number of aryl methyl sites for hydroxylation is 1. The van der Waals surface area contributed by atoms with Gasteiger partial charge in [0.2, 0.25) is 10.0 Å². The number of methoxy groups -OCH3 is 1. The Morgan fingerprint density at radius 1 is 1.22 bits per heavy atom. The standard InChI is InChI=1S/C19H23ClN2O4S/c1-5-17(13-6-9-18(26-3)12(2)10-13)21-19(23)15-11-14(7-8-16(15)20)22-27(4,24)25/h6-11,17,22H,5H2,1-4H3,(H,21,23). The van der Waals surface area contributed by atoms with Crippen molar-refractivity contribution in [3.05, 3.63) is 58.1 Å². The maximum Gasteiger partial charge on any atom is 0.253 e. The Bertz CT molecular complexity index is 945. The van der Waals surface area contributed by atoms with Crippen LogP contribution in [0.15, 0.2) is 36.4 Å². The third kappa shape index (κ3) is 5.61. The summed E-state index contributed by atoms with van der Waals surface area (Å²) in [5, 5.41) is 3.20. The Morgan fingerprint density at radius 3 is 2.48 bits per heavy atom. The van der Waals surface area contributed by atoms with Crippen LogP contribution in [0.3, 0.4) is 0 Å². The van der Waals surface area contributed by atoms with E-state index in [0.717, 1.165) is 23.1 Å². The zero-order valence-corrected chi connectivity index (χ0v) is 17.2. The average molecular weight is 411 g/mol. The first-order valence-electron chi connectivity index (χ1n) is 8.37. The quantitative estimate of drug-likeness (QED) is 0.724. The lowest BCUT2D eigenvalue weighted by molar-refractivity contribution is 0.0935. The molecule has 0 bridgehead atoms. The number of carbonyl (C=O) groups is 1. The van der Waals surface area contributed by atoms with Crippen molar-refractivity contribution in [3.63, 3.8) is 0 Å². The predicted octanol–water partition coefficient (Wildman–Crippen LogP) is 3.91. The number of carbonyl (C=O) groups excluding carboxylic acids is 1. The van der Waals surface area contributed by atoms with Crippen molar-refractivity contribution in [1.82, 2.24) is 5.32 Å². The van der Waals surface area contributed by atoms with Crippen molar-refractivity contribution in [2.75, 3.05) is 18.1 Å². The van der Waals surface area contributed by atoms with Gasteiger partial charge in [-0.25, -0.2) is 8.42 Å². The molecule has 1 atom stereocenters. The number of benzene rings is 2. The molecule has 0 saturated heterocycles. The number of nitrogens with one attached hydrogen (secondary N) is 2. The number of halogens is 1. The second kappa shape index (κ2) is 8.63. The van der Waals surface area contributed by atoms with E-state index < -0.39 is 10.0 Å². The monoisotopic (exact) mass is 410 g/mol. The molecule has 0 aliphatic carbocycles. The Balaban J connectivity index is 2.26. The fourth-order valence-corrected chi connectivity index (χ4v) is 3.51.